The molecule has 8 aromatic carbocycles. The van der Waals surface area contributed by atoms with Crippen molar-refractivity contribution in [3.63, 3.8) is 0 Å². The largest absolute Gasteiger partial charge is 0.309 e. The summed E-state index contributed by atoms with van der Waals surface area (Å²) in [6, 6.07) is 69.7. The predicted octanol–water partition coefficient (Wildman–Crippen LogP) is 14.0. The SMILES string of the molecule is CCc1ccccc1C#N.N#Cc1ccccc1-c1ccc2c(c1)c1ccccc1n2-c1ccc(C#N)c(-c2cnccc2-n2c3ccccc3c3cc(-c4ccccc4C#N)ccc32)c1. The first-order chi connectivity index (χ1) is 32.5. The second-order valence-electron chi connectivity index (χ2n) is 15.8. The van der Waals surface area contributed by atoms with Crippen LogP contribution in [0.25, 0.3) is 88.4 Å². The Morgan fingerprint density at radius 3 is 1.47 bits per heavy atom. The Kier molecular flexibility index (Phi) is 10.6. The van der Waals surface area contributed by atoms with E-state index in [9.17, 15) is 15.8 Å². The van der Waals surface area contributed by atoms with Gasteiger partial charge in [0.2, 0.25) is 0 Å². The van der Waals surface area contributed by atoms with Crippen LogP contribution in [-0.4, -0.2) is 14.1 Å². The summed E-state index contributed by atoms with van der Waals surface area (Å²) in [5.74, 6) is 0. The number of aromatic nitrogens is 3. The van der Waals surface area contributed by atoms with Gasteiger partial charge in [0, 0.05) is 50.8 Å². The highest BCUT2D eigenvalue weighted by Gasteiger charge is 2.21. The van der Waals surface area contributed by atoms with Gasteiger partial charge in [0.25, 0.3) is 0 Å². The Morgan fingerprint density at radius 1 is 0.409 bits per heavy atom. The maximum atomic E-state index is 10.5. The van der Waals surface area contributed by atoms with Crippen molar-refractivity contribution in [2.75, 3.05) is 0 Å². The Morgan fingerprint density at radius 2 is 0.894 bits per heavy atom. The van der Waals surface area contributed by atoms with E-state index in [1.165, 1.54) is 0 Å². The molecule has 0 unspecified atom stereocenters. The van der Waals surface area contributed by atoms with E-state index in [2.05, 4.69) is 112 Å². The van der Waals surface area contributed by atoms with Crippen LogP contribution in [0.5, 0.6) is 0 Å². The van der Waals surface area contributed by atoms with Gasteiger partial charge in [-0.3, -0.25) is 4.98 Å². The molecular formula is C59H37N7. The minimum atomic E-state index is 0.537. The molecule has 0 spiro atoms. The highest BCUT2D eigenvalue weighted by molar-refractivity contribution is 6.12. The third-order valence-corrected chi connectivity index (χ3v) is 12.3. The summed E-state index contributed by atoms with van der Waals surface area (Å²) in [4.78, 5) is 4.60. The molecule has 0 aliphatic heterocycles. The molecule has 0 atom stereocenters. The lowest BCUT2D eigenvalue weighted by atomic mass is 9.98. The van der Waals surface area contributed by atoms with Crippen LogP contribution in [-0.2, 0) is 6.42 Å². The molecule has 0 radical (unpaired) electrons. The monoisotopic (exact) mass is 843 g/mol. The number of hydrogen-bond donors (Lipinski definition) is 0. The number of rotatable bonds is 6. The number of nitrogens with zero attached hydrogens (tertiary/aromatic N) is 7. The van der Waals surface area contributed by atoms with Crippen molar-refractivity contribution in [2.45, 2.75) is 13.3 Å². The summed E-state index contributed by atoms with van der Waals surface area (Å²) in [6.07, 6.45) is 4.57. The van der Waals surface area contributed by atoms with Crippen molar-refractivity contribution in [3.05, 3.63) is 222 Å². The number of benzene rings is 8. The van der Waals surface area contributed by atoms with Crippen LogP contribution in [0.15, 0.2) is 194 Å². The highest BCUT2D eigenvalue weighted by Crippen LogP contribution is 2.41. The van der Waals surface area contributed by atoms with Crippen LogP contribution in [0.4, 0.5) is 0 Å². The van der Waals surface area contributed by atoms with Crippen LogP contribution < -0.4 is 0 Å². The molecule has 0 fully saturated rings. The van der Waals surface area contributed by atoms with Gasteiger partial charge < -0.3 is 9.13 Å². The van der Waals surface area contributed by atoms with Gasteiger partial charge in [-0.25, -0.2) is 0 Å². The van der Waals surface area contributed by atoms with Crippen molar-refractivity contribution in [3.8, 4) is 69.0 Å². The van der Waals surface area contributed by atoms with Crippen LogP contribution in [0.1, 0.15) is 34.7 Å². The molecule has 11 aromatic rings. The third kappa shape index (κ3) is 6.97. The normalized spacial score (nSPS) is 10.8. The predicted molar refractivity (Wildman–Crippen MR) is 264 cm³/mol. The molecular weight excluding hydrogens is 807 g/mol. The quantitative estimate of drug-likeness (QED) is 0.165. The van der Waals surface area contributed by atoms with E-state index in [1.807, 2.05) is 121 Å². The lowest BCUT2D eigenvalue weighted by Gasteiger charge is -2.16. The van der Waals surface area contributed by atoms with Gasteiger partial charge in [-0.15, -0.1) is 0 Å². The average Bonchev–Trinajstić information content (AvgIpc) is 3.90. The van der Waals surface area contributed by atoms with Crippen molar-refractivity contribution >= 4 is 43.6 Å². The van der Waals surface area contributed by atoms with Gasteiger partial charge in [-0.05, 0) is 113 Å². The highest BCUT2D eigenvalue weighted by atomic mass is 15.0. The van der Waals surface area contributed by atoms with Crippen LogP contribution in [0.2, 0.25) is 0 Å². The molecule has 0 aliphatic carbocycles. The summed E-state index contributed by atoms with van der Waals surface area (Å²) < 4.78 is 4.49. The number of aryl methyl sites for hydroxylation is 1. The van der Waals surface area contributed by atoms with E-state index < -0.39 is 0 Å². The van der Waals surface area contributed by atoms with Gasteiger partial charge in [-0.1, -0.05) is 110 Å². The second-order valence-corrected chi connectivity index (χ2v) is 15.8. The molecule has 66 heavy (non-hydrogen) atoms. The summed E-state index contributed by atoms with van der Waals surface area (Å²) in [5, 5.41) is 43.1. The van der Waals surface area contributed by atoms with Crippen molar-refractivity contribution in [2.24, 2.45) is 0 Å². The summed E-state index contributed by atoms with van der Waals surface area (Å²) in [5.41, 5.74) is 14.9. The average molecular weight is 844 g/mol. The standard InChI is InChI=1S/C50H28N6.C9H9N/c51-28-34-9-1-3-11-38(34)32-18-21-48-43(25-32)40-13-5-7-15-46(40)55(48)37-20-17-36(30-53)42(27-37)45-31-54-24-23-50(45)56-47-16-8-6-14-41(47)44-26-33(19-22-49(44)56)39-12-4-2-10-35(39)29-52;1-2-8-5-3-4-6-9(8)7-10/h1-27,31H;3-6H,2H2,1H3. The smallest absolute Gasteiger partial charge is 0.0998 e. The zero-order valence-electron chi connectivity index (χ0n) is 35.8. The Bertz CT molecular complexity index is 3880. The van der Waals surface area contributed by atoms with Crippen molar-refractivity contribution < 1.29 is 0 Å². The third-order valence-electron chi connectivity index (χ3n) is 12.3. The van der Waals surface area contributed by atoms with Crippen LogP contribution in [0.3, 0.4) is 0 Å². The van der Waals surface area contributed by atoms with E-state index in [4.69, 9.17) is 5.26 Å². The molecule has 308 valence electrons. The molecule has 3 aromatic heterocycles. The fourth-order valence-electron chi connectivity index (χ4n) is 9.20. The second kappa shape index (κ2) is 17.3. The number of fused-ring (bicyclic) bond motifs is 6. The maximum absolute atomic E-state index is 10.5. The minimum Gasteiger partial charge on any atom is -0.309 e. The van der Waals surface area contributed by atoms with E-state index in [1.54, 1.807) is 6.20 Å². The zero-order valence-corrected chi connectivity index (χ0v) is 35.8. The first kappa shape index (κ1) is 40.5. The van der Waals surface area contributed by atoms with E-state index >= 15 is 0 Å². The van der Waals surface area contributed by atoms with Gasteiger partial charge in [0.05, 0.1) is 74.3 Å². The number of hydrogen-bond acceptors (Lipinski definition) is 5. The lowest BCUT2D eigenvalue weighted by molar-refractivity contribution is 1.13. The summed E-state index contributed by atoms with van der Waals surface area (Å²) in [7, 11) is 0. The number of pyridine rings is 1. The Hall–Kier alpha value is -9.53. The molecule has 0 bridgehead atoms. The molecule has 0 saturated carbocycles. The summed E-state index contributed by atoms with van der Waals surface area (Å²) in [6.45, 7) is 2.05. The van der Waals surface area contributed by atoms with Gasteiger partial charge >= 0.3 is 0 Å². The van der Waals surface area contributed by atoms with E-state index in [-0.39, 0.29) is 0 Å². The molecule has 0 amide bonds. The molecule has 11 rings (SSSR count). The lowest BCUT2D eigenvalue weighted by Crippen LogP contribution is -2.01. The van der Waals surface area contributed by atoms with Gasteiger partial charge in [0.1, 0.15) is 0 Å². The van der Waals surface area contributed by atoms with Crippen LogP contribution in [0, 0.1) is 45.3 Å². The fraction of sp³-hybridized carbons (Fsp3) is 0.0339. The van der Waals surface area contributed by atoms with Crippen LogP contribution >= 0.6 is 0 Å². The number of para-hydroxylation sites is 2. The van der Waals surface area contributed by atoms with Crippen molar-refractivity contribution in [1.29, 1.82) is 21.0 Å². The summed E-state index contributed by atoms with van der Waals surface area (Å²) >= 11 is 0. The van der Waals surface area contributed by atoms with Crippen molar-refractivity contribution in [1.82, 2.24) is 14.1 Å². The maximum Gasteiger partial charge on any atom is 0.0998 e. The van der Waals surface area contributed by atoms with E-state index in [0.29, 0.717) is 16.7 Å². The fourth-order valence-corrected chi connectivity index (χ4v) is 9.20. The molecule has 7 heteroatoms. The Balaban J connectivity index is 0.000000455. The van der Waals surface area contributed by atoms with Gasteiger partial charge in [-0.2, -0.15) is 21.0 Å². The minimum absolute atomic E-state index is 0.537. The zero-order chi connectivity index (χ0) is 45.1. The molecule has 0 saturated heterocycles. The number of nitriles is 4. The first-order valence-electron chi connectivity index (χ1n) is 21.6. The molecule has 7 nitrogen and oxygen atoms in total. The molecule has 3 heterocycles. The first-order valence-corrected chi connectivity index (χ1v) is 21.6. The molecule has 0 N–H and O–H groups in total. The van der Waals surface area contributed by atoms with E-state index in [0.717, 1.165) is 106 Å². The Labute approximate surface area is 381 Å². The molecule has 0 aliphatic rings. The topological polar surface area (TPSA) is 118 Å². The van der Waals surface area contributed by atoms with Gasteiger partial charge in [0.15, 0.2) is 0 Å².